The highest BCUT2D eigenvalue weighted by atomic mass is 32.1. The van der Waals surface area contributed by atoms with Crippen molar-refractivity contribution in [2.75, 3.05) is 5.32 Å². The van der Waals surface area contributed by atoms with E-state index >= 15 is 0 Å². The van der Waals surface area contributed by atoms with Gasteiger partial charge in [-0.2, -0.15) is 5.10 Å². The largest absolute Gasteiger partial charge is 0.296 e. The molecule has 1 amide bonds. The zero-order chi connectivity index (χ0) is 13.4. The van der Waals surface area contributed by atoms with Gasteiger partial charge in [-0.15, -0.1) is 0 Å². The molecular weight excluding hydrogens is 262 g/mol. The first-order chi connectivity index (χ1) is 9.13. The van der Waals surface area contributed by atoms with Crippen molar-refractivity contribution >= 4 is 32.6 Å². The van der Waals surface area contributed by atoms with Crippen LogP contribution in [0, 0.1) is 6.92 Å². The molecule has 0 fully saturated rings. The number of pyridine rings is 1. The summed E-state index contributed by atoms with van der Waals surface area (Å²) in [6, 6.07) is 1.66. The minimum Gasteiger partial charge on any atom is -0.296 e. The Hall–Kier alpha value is -2.28. The minimum absolute atomic E-state index is 0.259. The second kappa shape index (κ2) is 4.43. The molecule has 3 heterocycles. The summed E-state index contributed by atoms with van der Waals surface area (Å²) in [5, 5.41) is 7.36. The predicted octanol–water partition coefficient (Wildman–Crippen LogP) is 1.99. The average molecular weight is 273 g/mol. The van der Waals surface area contributed by atoms with Crippen LogP contribution >= 0.6 is 11.3 Å². The van der Waals surface area contributed by atoms with Crippen LogP contribution in [0.4, 0.5) is 5.13 Å². The van der Waals surface area contributed by atoms with Crippen LogP contribution in [0.2, 0.25) is 0 Å². The normalized spacial score (nSPS) is 10.8. The van der Waals surface area contributed by atoms with Gasteiger partial charge in [-0.05, 0) is 18.6 Å². The lowest BCUT2D eigenvalue weighted by Crippen LogP contribution is -2.12. The number of carbonyl (C=O) groups is 1. The van der Waals surface area contributed by atoms with Crippen molar-refractivity contribution in [2.24, 2.45) is 7.05 Å². The lowest BCUT2D eigenvalue weighted by atomic mass is 10.3. The van der Waals surface area contributed by atoms with Gasteiger partial charge in [-0.25, -0.2) is 4.98 Å². The maximum Gasteiger partial charge on any atom is 0.277 e. The number of hydrogen-bond donors (Lipinski definition) is 1. The van der Waals surface area contributed by atoms with Gasteiger partial charge >= 0.3 is 0 Å². The number of nitrogens with zero attached hydrogens (tertiary/aromatic N) is 4. The van der Waals surface area contributed by atoms with Crippen molar-refractivity contribution < 1.29 is 4.79 Å². The molecule has 96 valence electrons. The molecule has 7 heteroatoms. The minimum atomic E-state index is -0.259. The number of hydrogen-bond acceptors (Lipinski definition) is 5. The van der Waals surface area contributed by atoms with Gasteiger partial charge in [0.2, 0.25) is 0 Å². The Bertz CT molecular complexity index is 760. The van der Waals surface area contributed by atoms with Crippen LogP contribution < -0.4 is 5.32 Å². The lowest BCUT2D eigenvalue weighted by molar-refractivity contribution is 0.102. The number of aromatic nitrogens is 4. The number of amides is 1. The molecule has 19 heavy (non-hydrogen) atoms. The highest BCUT2D eigenvalue weighted by Crippen LogP contribution is 2.27. The van der Waals surface area contributed by atoms with Crippen LogP contribution in [0.3, 0.4) is 0 Å². The molecule has 3 aromatic rings. The summed E-state index contributed by atoms with van der Waals surface area (Å²) in [5.41, 5.74) is 2.21. The van der Waals surface area contributed by atoms with Crippen molar-refractivity contribution in [2.45, 2.75) is 6.92 Å². The maximum absolute atomic E-state index is 12.0. The SMILES string of the molecule is Cc1cncc2nc(NC(=O)c3ccn(C)n3)sc12. The molecule has 0 aliphatic rings. The van der Waals surface area contributed by atoms with Crippen LogP contribution in [0.25, 0.3) is 10.2 Å². The molecule has 0 aliphatic heterocycles. The zero-order valence-corrected chi connectivity index (χ0v) is 11.2. The summed E-state index contributed by atoms with van der Waals surface area (Å²) in [6.45, 7) is 1.97. The smallest absolute Gasteiger partial charge is 0.277 e. The van der Waals surface area contributed by atoms with Gasteiger partial charge in [0.1, 0.15) is 5.52 Å². The van der Waals surface area contributed by atoms with Crippen LogP contribution in [-0.4, -0.2) is 25.7 Å². The van der Waals surface area contributed by atoms with Gasteiger partial charge in [0.15, 0.2) is 10.8 Å². The Labute approximate surface area is 113 Å². The Balaban J connectivity index is 1.89. The molecular formula is C12H11N5OS. The molecule has 1 N–H and O–H groups in total. The van der Waals surface area contributed by atoms with E-state index in [1.807, 2.05) is 6.92 Å². The first-order valence-electron chi connectivity index (χ1n) is 5.65. The third-order valence-electron chi connectivity index (χ3n) is 2.64. The number of nitrogens with one attached hydrogen (secondary N) is 1. The van der Waals surface area contributed by atoms with Crippen LogP contribution in [0.1, 0.15) is 16.1 Å². The standard InChI is InChI=1S/C12H11N5OS/c1-7-5-13-6-9-10(7)19-12(14-9)15-11(18)8-3-4-17(2)16-8/h3-6H,1-2H3,(H,14,15,18). The zero-order valence-electron chi connectivity index (χ0n) is 10.4. The van der Waals surface area contributed by atoms with Crippen molar-refractivity contribution in [3.05, 3.63) is 35.9 Å². The molecule has 0 spiro atoms. The fourth-order valence-corrected chi connectivity index (χ4v) is 2.63. The number of anilines is 1. The summed E-state index contributed by atoms with van der Waals surface area (Å²) < 4.78 is 2.62. The molecule has 3 aromatic heterocycles. The number of carbonyl (C=O) groups excluding carboxylic acids is 1. The molecule has 0 saturated carbocycles. The van der Waals surface area contributed by atoms with E-state index < -0.39 is 0 Å². The van der Waals surface area contributed by atoms with E-state index in [1.54, 1.807) is 36.4 Å². The highest BCUT2D eigenvalue weighted by molar-refractivity contribution is 7.22. The summed E-state index contributed by atoms with van der Waals surface area (Å²) >= 11 is 1.44. The summed E-state index contributed by atoms with van der Waals surface area (Å²) in [4.78, 5) is 20.4. The number of aryl methyl sites for hydroxylation is 2. The Morgan fingerprint density at radius 3 is 2.95 bits per heavy atom. The topological polar surface area (TPSA) is 72.7 Å². The Morgan fingerprint density at radius 1 is 1.42 bits per heavy atom. The van der Waals surface area contributed by atoms with E-state index in [1.165, 1.54) is 11.3 Å². The summed E-state index contributed by atoms with van der Waals surface area (Å²) in [6.07, 6.45) is 5.20. The number of fused-ring (bicyclic) bond motifs is 1. The number of rotatable bonds is 2. The van der Waals surface area contributed by atoms with Crippen molar-refractivity contribution in [1.82, 2.24) is 19.7 Å². The molecule has 6 nitrogen and oxygen atoms in total. The van der Waals surface area contributed by atoms with Gasteiger partial charge in [-0.3, -0.25) is 19.8 Å². The van der Waals surface area contributed by atoms with E-state index in [4.69, 9.17) is 0 Å². The van der Waals surface area contributed by atoms with Crippen molar-refractivity contribution in [1.29, 1.82) is 0 Å². The molecule has 0 radical (unpaired) electrons. The molecule has 0 aliphatic carbocycles. The first-order valence-corrected chi connectivity index (χ1v) is 6.47. The van der Waals surface area contributed by atoms with E-state index in [-0.39, 0.29) is 5.91 Å². The molecule has 3 rings (SSSR count). The fourth-order valence-electron chi connectivity index (χ4n) is 1.73. The van der Waals surface area contributed by atoms with E-state index in [2.05, 4.69) is 20.4 Å². The molecule has 0 atom stereocenters. The average Bonchev–Trinajstić information content (AvgIpc) is 2.96. The lowest BCUT2D eigenvalue weighted by Gasteiger charge is -1.96. The molecule has 0 aromatic carbocycles. The van der Waals surface area contributed by atoms with Gasteiger partial charge < -0.3 is 0 Å². The first kappa shape index (κ1) is 11.8. The van der Waals surface area contributed by atoms with E-state index in [0.29, 0.717) is 10.8 Å². The third kappa shape index (κ3) is 2.19. The van der Waals surface area contributed by atoms with Gasteiger partial charge in [-0.1, -0.05) is 11.3 Å². The Morgan fingerprint density at radius 2 is 2.26 bits per heavy atom. The van der Waals surface area contributed by atoms with Crippen molar-refractivity contribution in [3.63, 3.8) is 0 Å². The van der Waals surface area contributed by atoms with E-state index in [0.717, 1.165) is 15.8 Å². The van der Waals surface area contributed by atoms with E-state index in [9.17, 15) is 4.79 Å². The highest BCUT2D eigenvalue weighted by Gasteiger charge is 2.12. The van der Waals surface area contributed by atoms with Crippen LogP contribution in [-0.2, 0) is 7.05 Å². The predicted molar refractivity (Wildman–Crippen MR) is 73.3 cm³/mol. The Kier molecular flexibility index (Phi) is 2.75. The van der Waals surface area contributed by atoms with Crippen LogP contribution in [0.15, 0.2) is 24.7 Å². The monoisotopic (exact) mass is 273 g/mol. The molecule has 0 unspecified atom stereocenters. The van der Waals surface area contributed by atoms with Gasteiger partial charge in [0.25, 0.3) is 5.91 Å². The quantitative estimate of drug-likeness (QED) is 0.775. The van der Waals surface area contributed by atoms with Crippen LogP contribution in [0.5, 0.6) is 0 Å². The van der Waals surface area contributed by atoms with Gasteiger partial charge in [0.05, 0.1) is 10.9 Å². The second-order valence-corrected chi connectivity index (χ2v) is 5.15. The third-order valence-corrected chi connectivity index (χ3v) is 3.77. The summed E-state index contributed by atoms with van der Waals surface area (Å²) in [5.74, 6) is -0.259. The van der Waals surface area contributed by atoms with Gasteiger partial charge in [0, 0.05) is 19.4 Å². The maximum atomic E-state index is 12.0. The molecule has 0 bridgehead atoms. The number of thiazole rings is 1. The molecule has 0 saturated heterocycles. The summed E-state index contributed by atoms with van der Waals surface area (Å²) in [7, 11) is 1.77. The van der Waals surface area contributed by atoms with Crippen molar-refractivity contribution in [3.8, 4) is 0 Å². The second-order valence-electron chi connectivity index (χ2n) is 4.15. The fraction of sp³-hybridized carbons (Fsp3) is 0.167.